The van der Waals surface area contributed by atoms with Crippen molar-refractivity contribution in [1.29, 1.82) is 0 Å². The maximum Gasteiger partial charge on any atom is 0.220 e. The average Bonchev–Trinajstić information content (AvgIpc) is 2.50. The Bertz CT molecular complexity index is 182. The molecular formula is C10H21N3O. The van der Waals surface area contributed by atoms with Crippen LogP contribution in [0.5, 0.6) is 0 Å². The van der Waals surface area contributed by atoms with Crippen molar-refractivity contribution < 1.29 is 4.79 Å². The normalized spacial score (nSPS) is 21.6. The van der Waals surface area contributed by atoms with Crippen molar-refractivity contribution in [3.8, 4) is 0 Å². The highest BCUT2D eigenvalue weighted by Gasteiger charge is 2.19. The first-order valence-corrected chi connectivity index (χ1v) is 5.42. The number of carbonyl (C=O) groups is 1. The molecule has 0 unspecified atom stereocenters. The summed E-state index contributed by atoms with van der Waals surface area (Å²) >= 11 is 0. The van der Waals surface area contributed by atoms with Crippen molar-refractivity contribution in [3.05, 3.63) is 0 Å². The first kappa shape index (κ1) is 11.5. The van der Waals surface area contributed by atoms with Crippen molar-refractivity contribution in [3.63, 3.8) is 0 Å². The number of hydrogen-bond acceptors (Lipinski definition) is 3. The Morgan fingerprint density at radius 1 is 1.50 bits per heavy atom. The Hall–Kier alpha value is -0.610. The largest absolute Gasteiger partial charge is 0.352 e. The number of hydrogen-bond donors (Lipinski definition) is 3. The molecule has 1 aliphatic heterocycles. The zero-order chi connectivity index (χ0) is 10.4. The second-order valence-electron chi connectivity index (χ2n) is 4.12. The van der Waals surface area contributed by atoms with Gasteiger partial charge in [-0.15, -0.1) is 0 Å². The van der Waals surface area contributed by atoms with Crippen molar-refractivity contribution in [1.82, 2.24) is 16.0 Å². The summed E-state index contributed by atoms with van der Waals surface area (Å²) in [6.07, 6.45) is 1.67. The van der Waals surface area contributed by atoms with Gasteiger partial charge >= 0.3 is 0 Å². The van der Waals surface area contributed by atoms with Crippen molar-refractivity contribution >= 4 is 5.91 Å². The molecular weight excluding hydrogens is 178 g/mol. The standard InChI is InChI=1S/C10H21N3O/c1-8(2)12-6-5-11-7-9-3-4-10(14)13-9/h8-9,11-12H,3-7H2,1-2H3,(H,13,14)/t9-/m1/s1. The molecule has 0 saturated carbocycles. The maximum atomic E-state index is 10.9. The minimum Gasteiger partial charge on any atom is -0.352 e. The van der Waals surface area contributed by atoms with E-state index in [4.69, 9.17) is 0 Å². The zero-order valence-electron chi connectivity index (χ0n) is 9.10. The lowest BCUT2D eigenvalue weighted by Gasteiger charge is -2.12. The molecule has 0 spiro atoms. The van der Waals surface area contributed by atoms with E-state index >= 15 is 0 Å². The Morgan fingerprint density at radius 3 is 2.86 bits per heavy atom. The highest BCUT2D eigenvalue weighted by molar-refractivity contribution is 5.78. The second-order valence-corrected chi connectivity index (χ2v) is 4.12. The van der Waals surface area contributed by atoms with Crippen LogP contribution in [0, 0.1) is 0 Å². The highest BCUT2D eigenvalue weighted by Crippen LogP contribution is 2.04. The summed E-state index contributed by atoms with van der Waals surface area (Å²) in [5.41, 5.74) is 0. The molecule has 0 aromatic heterocycles. The lowest BCUT2D eigenvalue weighted by Crippen LogP contribution is -2.39. The lowest BCUT2D eigenvalue weighted by molar-refractivity contribution is -0.119. The van der Waals surface area contributed by atoms with Crippen LogP contribution in [0.4, 0.5) is 0 Å². The monoisotopic (exact) mass is 199 g/mol. The van der Waals surface area contributed by atoms with Gasteiger partial charge in [0, 0.05) is 38.1 Å². The van der Waals surface area contributed by atoms with Gasteiger partial charge in [-0.25, -0.2) is 0 Å². The number of amides is 1. The highest BCUT2D eigenvalue weighted by atomic mass is 16.1. The van der Waals surface area contributed by atoms with E-state index in [0.29, 0.717) is 18.5 Å². The third-order valence-corrected chi connectivity index (χ3v) is 2.33. The topological polar surface area (TPSA) is 53.2 Å². The van der Waals surface area contributed by atoms with Crippen LogP contribution in [-0.4, -0.2) is 37.6 Å². The minimum absolute atomic E-state index is 0.192. The summed E-state index contributed by atoms with van der Waals surface area (Å²) in [6, 6.07) is 0.893. The average molecular weight is 199 g/mol. The van der Waals surface area contributed by atoms with E-state index in [1.165, 1.54) is 0 Å². The van der Waals surface area contributed by atoms with Gasteiger partial charge in [-0.05, 0) is 6.42 Å². The molecule has 0 radical (unpaired) electrons. The van der Waals surface area contributed by atoms with Crippen LogP contribution in [0.15, 0.2) is 0 Å². The SMILES string of the molecule is CC(C)NCCNC[C@H]1CCC(=O)N1. The fraction of sp³-hybridized carbons (Fsp3) is 0.900. The van der Waals surface area contributed by atoms with E-state index in [1.54, 1.807) is 0 Å². The maximum absolute atomic E-state index is 10.9. The van der Waals surface area contributed by atoms with Gasteiger partial charge in [0.25, 0.3) is 0 Å². The van der Waals surface area contributed by atoms with Gasteiger partial charge in [-0.3, -0.25) is 4.79 Å². The number of nitrogens with one attached hydrogen (secondary N) is 3. The predicted molar refractivity (Wildman–Crippen MR) is 57.2 cm³/mol. The van der Waals surface area contributed by atoms with E-state index in [-0.39, 0.29) is 5.91 Å². The molecule has 0 bridgehead atoms. The van der Waals surface area contributed by atoms with Gasteiger partial charge in [0.05, 0.1) is 0 Å². The predicted octanol–water partition coefficient (Wildman–Crippen LogP) is -0.147. The lowest BCUT2D eigenvalue weighted by atomic mass is 10.2. The van der Waals surface area contributed by atoms with Crippen LogP contribution in [0.25, 0.3) is 0 Å². The van der Waals surface area contributed by atoms with Gasteiger partial charge in [0.1, 0.15) is 0 Å². The quantitative estimate of drug-likeness (QED) is 0.522. The van der Waals surface area contributed by atoms with Gasteiger partial charge in [0.2, 0.25) is 5.91 Å². The molecule has 0 aliphatic carbocycles. The van der Waals surface area contributed by atoms with E-state index in [9.17, 15) is 4.79 Å². The van der Waals surface area contributed by atoms with Gasteiger partial charge in [-0.1, -0.05) is 13.8 Å². The molecule has 1 aliphatic rings. The molecule has 1 rings (SSSR count). The van der Waals surface area contributed by atoms with Crippen molar-refractivity contribution in [2.24, 2.45) is 0 Å². The van der Waals surface area contributed by atoms with E-state index in [1.807, 2.05) is 0 Å². The van der Waals surface area contributed by atoms with Gasteiger partial charge < -0.3 is 16.0 Å². The fourth-order valence-electron chi connectivity index (χ4n) is 1.56. The molecule has 1 heterocycles. The number of rotatable bonds is 6. The van der Waals surface area contributed by atoms with Crippen LogP contribution in [-0.2, 0) is 4.79 Å². The molecule has 82 valence electrons. The van der Waals surface area contributed by atoms with Gasteiger partial charge in [0.15, 0.2) is 0 Å². The van der Waals surface area contributed by atoms with Crippen LogP contribution < -0.4 is 16.0 Å². The molecule has 4 nitrogen and oxygen atoms in total. The summed E-state index contributed by atoms with van der Waals surface area (Å²) in [4.78, 5) is 10.9. The zero-order valence-corrected chi connectivity index (χ0v) is 9.10. The first-order valence-electron chi connectivity index (χ1n) is 5.42. The minimum atomic E-state index is 0.192. The molecule has 1 atom stereocenters. The van der Waals surface area contributed by atoms with Crippen LogP contribution in [0.1, 0.15) is 26.7 Å². The van der Waals surface area contributed by atoms with Crippen LogP contribution in [0.3, 0.4) is 0 Å². The van der Waals surface area contributed by atoms with E-state index < -0.39 is 0 Å². The second kappa shape index (κ2) is 5.98. The van der Waals surface area contributed by atoms with Gasteiger partial charge in [-0.2, -0.15) is 0 Å². The third-order valence-electron chi connectivity index (χ3n) is 2.33. The van der Waals surface area contributed by atoms with Crippen LogP contribution in [0.2, 0.25) is 0 Å². The molecule has 0 aromatic carbocycles. The van der Waals surface area contributed by atoms with Crippen molar-refractivity contribution in [2.75, 3.05) is 19.6 Å². The molecule has 14 heavy (non-hydrogen) atoms. The Kier molecular flexibility index (Phi) is 4.90. The fourth-order valence-corrected chi connectivity index (χ4v) is 1.56. The Morgan fingerprint density at radius 2 is 2.29 bits per heavy atom. The first-order chi connectivity index (χ1) is 6.68. The summed E-state index contributed by atoms with van der Waals surface area (Å²) in [6.45, 7) is 7.11. The van der Waals surface area contributed by atoms with E-state index in [0.717, 1.165) is 26.1 Å². The molecule has 1 fully saturated rings. The Balaban J connectivity index is 1.91. The van der Waals surface area contributed by atoms with Crippen molar-refractivity contribution in [2.45, 2.75) is 38.8 Å². The summed E-state index contributed by atoms with van der Waals surface area (Å²) in [5.74, 6) is 0.192. The number of carbonyl (C=O) groups excluding carboxylic acids is 1. The van der Waals surface area contributed by atoms with Crippen LogP contribution >= 0.6 is 0 Å². The molecule has 0 aromatic rings. The third kappa shape index (κ3) is 4.58. The summed E-state index contributed by atoms with van der Waals surface area (Å²) in [7, 11) is 0. The molecule has 1 amide bonds. The molecule has 3 N–H and O–H groups in total. The summed E-state index contributed by atoms with van der Waals surface area (Å²) in [5, 5.41) is 9.59. The smallest absolute Gasteiger partial charge is 0.220 e. The molecule has 1 saturated heterocycles. The Labute approximate surface area is 85.8 Å². The molecule has 4 heteroatoms. The van der Waals surface area contributed by atoms with E-state index in [2.05, 4.69) is 29.8 Å². The summed E-state index contributed by atoms with van der Waals surface area (Å²) < 4.78 is 0.